The number of ether oxygens (including phenoxy) is 1. The van der Waals surface area contributed by atoms with Gasteiger partial charge in [0.15, 0.2) is 0 Å². The number of amides is 1. The fraction of sp³-hybridized carbons (Fsp3) is 0.909. The molecule has 1 fully saturated rings. The maximum Gasteiger partial charge on any atom is 0.411 e. The van der Waals surface area contributed by atoms with E-state index in [9.17, 15) is 18.0 Å². The van der Waals surface area contributed by atoms with Crippen molar-refractivity contribution in [3.63, 3.8) is 0 Å². The Labute approximate surface area is 104 Å². The standard InChI is InChI=1S/C11H19F3N2O2/c1-8-2-3-9(6-16-8)10(17)15-4-5-18-7-11(12,13)14/h8-9,16H,2-7H2,1H3,(H,15,17). The molecule has 0 saturated carbocycles. The predicted molar refractivity (Wildman–Crippen MR) is 60.1 cm³/mol. The van der Waals surface area contributed by atoms with Crippen molar-refractivity contribution in [3.05, 3.63) is 0 Å². The average Bonchev–Trinajstić information content (AvgIpc) is 2.27. The van der Waals surface area contributed by atoms with E-state index in [2.05, 4.69) is 22.3 Å². The lowest BCUT2D eigenvalue weighted by Crippen LogP contribution is -2.44. The molecule has 2 unspecified atom stereocenters. The maximum atomic E-state index is 11.7. The number of nitrogens with one attached hydrogen (secondary N) is 2. The number of carbonyl (C=O) groups is 1. The summed E-state index contributed by atoms with van der Waals surface area (Å²) in [7, 11) is 0. The minimum absolute atomic E-state index is 0.0937. The van der Waals surface area contributed by atoms with Gasteiger partial charge in [0.25, 0.3) is 0 Å². The minimum atomic E-state index is -4.31. The van der Waals surface area contributed by atoms with Crippen molar-refractivity contribution in [3.8, 4) is 0 Å². The lowest BCUT2D eigenvalue weighted by molar-refractivity contribution is -0.173. The van der Waals surface area contributed by atoms with Crippen LogP contribution in [0, 0.1) is 5.92 Å². The first-order valence-electron chi connectivity index (χ1n) is 6.04. The van der Waals surface area contributed by atoms with E-state index in [1.807, 2.05) is 0 Å². The van der Waals surface area contributed by atoms with Crippen LogP contribution < -0.4 is 10.6 Å². The highest BCUT2D eigenvalue weighted by Gasteiger charge is 2.27. The molecule has 106 valence electrons. The highest BCUT2D eigenvalue weighted by atomic mass is 19.4. The number of alkyl halides is 3. The molecule has 0 bridgehead atoms. The molecule has 1 rings (SSSR count). The SMILES string of the molecule is CC1CCC(C(=O)NCCOCC(F)(F)F)CN1. The highest BCUT2D eigenvalue weighted by Crippen LogP contribution is 2.15. The van der Waals surface area contributed by atoms with Gasteiger partial charge in [0.2, 0.25) is 5.91 Å². The Morgan fingerprint density at radius 3 is 2.72 bits per heavy atom. The van der Waals surface area contributed by atoms with Gasteiger partial charge in [0.05, 0.1) is 12.5 Å². The summed E-state index contributed by atoms with van der Waals surface area (Å²) >= 11 is 0. The predicted octanol–water partition coefficient (Wildman–Crippen LogP) is 1.07. The molecular weight excluding hydrogens is 249 g/mol. The lowest BCUT2D eigenvalue weighted by atomic mass is 9.95. The van der Waals surface area contributed by atoms with Crippen LogP contribution >= 0.6 is 0 Å². The highest BCUT2D eigenvalue weighted by molar-refractivity contribution is 5.78. The second kappa shape index (κ2) is 6.94. The third kappa shape index (κ3) is 6.20. The summed E-state index contributed by atoms with van der Waals surface area (Å²) < 4.78 is 39.6. The quantitative estimate of drug-likeness (QED) is 0.733. The Morgan fingerprint density at radius 1 is 1.44 bits per heavy atom. The normalized spacial score (nSPS) is 24.9. The van der Waals surface area contributed by atoms with Crippen LogP contribution in [-0.4, -0.2) is 44.4 Å². The lowest BCUT2D eigenvalue weighted by Gasteiger charge is -2.26. The summed E-state index contributed by atoms with van der Waals surface area (Å²) in [6.45, 7) is 1.39. The van der Waals surface area contributed by atoms with Gasteiger partial charge in [0.1, 0.15) is 6.61 Å². The number of carbonyl (C=O) groups excluding carboxylic acids is 1. The van der Waals surface area contributed by atoms with E-state index in [-0.39, 0.29) is 25.0 Å². The molecular formula is C11H19F3N2O2. The van der Waals surface area contributed by atoms with Crippen molar-refractivity contribution < 1.29 is 22.7 Å². The van der Waals surface area contributed by atoms with Crippen LogP contribution in [0.15, 0.2) is 0 Å². The minimum Gasteiger partial charge on any atom is -0.370 e. The number of hydrogen-bond donors (Lipinski definition) is 2. The van der Waals surface area contributed by atoms with Crippen molar-refractivity contribution in [2.45, 2.75) is 32.0 Å². The average molecular weight is 268 g/mol. The zero-order chi connectivity index (χ0) is 13.6. The first-order chi connectivity index (χ1) is 8.38. The molecule has 1 heterocycles. The fourth-order valence-corrected chi connectivity index (χ4v) is 1.80. The molecule has 7 heteroatoms. The van der Waals surface area contributed by atoms with Gasteiger partial charge in [-0.05, 0) is 19.8 Å². The van der Waals surface area contributed by atoms with Crippen LogP contribution in [0.4, 0.5) is 13.2 Å². The fourth-order valence-electron chi connectivity index (χ4n) is 1.80. The molecule has 18 heavy (non-hydrogen) atoms. The summed E-state index contributed by atoms with van der Waals surface area (Å²) in [5, 5.41) is 5.78. The Kier molecular flexibility index (Phi) is 5.87. The van der Waals surface area contributed by atoms with Crippen LogP contribution in [-0.2, 0) is 9.53 Å². The number of hydrogen-bond acceptors (Lipinski definition) is 3. The molecule has 1 saturated heterocycles. The van der Waals surface area contributed by atoms with E-state index in [0.29, 0.717) is 12.6 Å². The summed E-state index contributed by atoms with van der Waals surface area (Å²) in [5.41, 5.74) is 0. The van der Waals surface area contributed by atoms with Crippen LogP contribution in [0.25, 0.3) is 0 Å². The monoisotopic (exact) mass is 268 g/mol. The van der Waals surface area contributed by atoms with E-state index < -0.39 is 12.8 Å². The molecule has 0 aromatic carbocycles. The van der Waals surface area contributed by atoms with Crippen LogP contribution in [0.5, 0.6) is 0 Å². The molecule has 2 atom stereocenters. The third-order valence-corrected chi connectivity index (χ3v) is 2.84. The second-order valence-corrected chi connectivity index (χ2v) is 4.54. The largest absolute Gasteiger partial charge is 0.411 e. The molecule has 0 aromatic heterocycles. The summed E-state index contributed by atoms with van der Waals surface area (Å²) in [6, 6.07) is 0.421. The molecule has 1 aliphatic rings. The van der Waals surface area contributed by atoms with Gasteiger partial charge >= 0.3 is 6.18 Å². The molecule has 0 spiro atoms. The number of piperidine rings is 1. The van der Waals surface area contributed by atoms with Gasteiger partial charge in [-0.25, -0.2) is 0 Å². The smallest absolute Gasteiger partial charge is 0.370 e. The summed E-state index contributed by atoms with van der Waals surface area (Å²) in [5.74, 6) is -0.214. The summed E-state index contributed by atoms with van der Waals surface area (Å²) in [4.78, 5) is 11.6. The first-order valence-corrected chi connectivity index (χ1v) is 6.04. The zero-order valence-corrected chi connectivity index (χ0v) is 10.3. The van der Waals surface area contributed by atoms with Crippen LogP contribution in [0.3, 0.4) is 0 Å². The van der Waals surface area contributed by atoms with E-state index in [1.165, 1.54) is 0 Å². The van der Waals surface area contributed by atoms with Crippen LogP contribution in [0.1, 0.15) is 19.8 Å². The molecule has 2 N–H and O–H groups in total. The Balaban J connectivity index is 2.07. The molecule has 1 aliphatic heterocycles. The van der Waals surface area contributed by atoms with Gasteiger partial charge in [-0.15, -0.1) is 0 Å². The Hall–Kier alpha value is -0.820. The van der Waals surface area contributed by atoms with Gasteiger partial charge in [-0.3, -0.25) is 4.79 Å². The first kappa shape index (κ1) is 15.2. The van der Waals surface area contributed by atoms with E-state index in [1.54, 1.807) is 0 Å². The molecule has 0 radical (unpaired) electrons. The van der Waals surface area contributed by atoms with Crippen molar-refractivity contribution in [1.29, 1.82) is 0 Å². The van der Waals surface area contributed by atoms with Gasteiger partial charge < -0.3 is 15.4 Å². The van der Waals surface area contributed by atoms with Gasteiger partial charge in [-0.1, -0.05) is 0 Å². The van der Waals surface area contributed by atoms with Gasteiger partial charge in [-0.2, -0.15) is 13.2 Å². The maximum absolute atomic E-state index is 11.7. The number of rotatable bonds is 5. The molecule has 1 amide bonds. The van der Waals surface area contributed by atoms with Gasteiger partial charge in [0, 0.05) is 19.1 Å². The van der Waals surface area contributed by atoms with Crippen LogP contribution in [0.2, 0.25) is 0 Å². The van der Waals surface area contributed by atoms with E-state index in [0.717, 1.165) is 12.8 Å². The van der Waals surface area contributed by atoms with Crippen molar-refractivity contribution >= 4 is 5.91 Å². The third-order valence-electron chi connectivity index (χ3n) is 2.84. The second-order valence-electron chi connectivity index (χ2n) is 4.54. The van der Waals surface area contributed by atoms with E-state index in [4.69, 9.17) is 0 Å². The molecule has 0 aromatic rings. The zero-order valence-electron chi connectivity index (χ0n) is 10.3. The van der Waals surface area contributed by atoms with E-state index >= 15 is 0 Å². The molecule has 4 nitrogen and oxygen atoms in total. The topological polar surface area (TPSA) is 50.4 Å². The van der Waals surface area contributed by atoms with Crippen molar-refractivity contribution in [2.75, 3.05) is 26.3 Å². The Morgan fingerprint density at radius 2 is 2.17 bits per heavy atom. The number of halogens is 3. The molecule has 0 aliphatic carbocycles. The Bertz CT molecular complexity index is 264. The van der Waals surface area contributed by atoms with Crippen molar-refractivity contribution in [1.82, 2.24) is 10.6 Å². The summed E-state index contributed by atoms with van der Waals surface area (Å²) in [6.07, 6.45) is -2.57. The van der Waals surface area contributed by atoms with Crippen molar-refractivity contribution in [2.24, 2.45) is 5.92 Å².